The summed E-state index contributed by atoms with van der Waals surface area (Å²) >= 11 is 0. The molecule has 15 heavy (non-hydrogen) atoms. The van der Waals surface area contributed by atoms with E-state index in [2.05, 4.69) is 4.99 Å². The van der Waals surface area contributed by atoms with Crippen LogP contribution in [0.3, 0.4) is 0 Å². The Hall–Kier alpha value is -0.780. The highest BCUT2D eigenvalue weighted by Gasteiger charge is 2.55. The summed E-state index contributed by atoms with van der Waals surface area (Å²) in [7, 11) is -2.88. The number of sulfone groups is 1. The van der Waals surface area contributed by atoms with Crippen molar-refractivity contribution in [2.75, 3.05) is 6.61 Å². The molecule has 2 N–H and O–H groups in total. The van der Waals surface area contributed by atoms with Crippen LogP contribution in [0.5, 0.6) is 0 Å². The van der Waals surface area contributed by atoms with Crippen molar-refractivity contribution in [3.63, 3.8) is 0 Å². The molecule has 2 unspecified atom stereocenters. The number of amidine groups is 1. The minimum absolute atomic E-state index is 0.213. The molecule has 1 spiro atoms. The number of nitrogens with zero attached hydrogens (tertiary/aromatic N) is 1. The highest BCUT2D eigenvalue weighted by Crippen LogP contribution is 2.46. The lowest BCUT2D eigenvalue weighted by Gasteiger charge is -2.33. The summed E-state index contributed by atoms with van der Waals surface area (Å²) in [5.74, 6) is 0. The fourth-order valence-corrected chi connectivity index (χ4v) is 5.61. The van der Waals surface area contributed by atoms with Crippen LogP contribution < -0.4 is 5.73 Å². The number of hydrogen-bond acceptors (Lipinski definition) is 5. The Morgan fingerprint density at radius 1 is 1.33 bits per heavy atom. The summed E-state index contributed by atoms with van der Waals surface area (Å²) in [5.41, 5.74) is 5.17. The van der Waals surface area contributed by atoms with Gasteiger partial charge in [0.25, 0.3) is 6.02 Å². The topological polar surface area (TPSA) is 81.8 Å². The van der Waals surface area contributed by atoms with Crippen LogP contribution in [-0.2, 0) is 14.6 Å². The van der Waals surface area contributed by atoms with E-state index in [1.54, 1.807) is 0 Å². The fourth-order valence-electron chi connectivity index (χ4n) is 3.06. The van der Waals surface area contributed by atoms with E-state index in [0.717, 1.165) is 12.8 Å². The number of rotatable bonds is 0. The van der Waals surface area contributed by atoms with Gasteiger partial charge >= 0.3 is 0 Å². The molecule has 0 amide bonds. The van der Waals surface area contributed by atoms with E-state index in [0.29, 0.717) is 19.4 Å². The van der Waals surface area contributed by atoms with Crippen molar-refractivity contribution in [1.29, 1.82) is 0 Å². The van der Waals surface area contributed by atoms with E-state index in [-0.39, 0.29) is 22.1 Å². The zero-order chi connectivity index (χ0) is 10.7. The third-order valence-corrected chi connectivity index (χ3v) is 6.45. The Morgan fingerprint density at radius 2 is 1.93 bits per heavy atom. The third-order valence-electron chi connectivity index (χ3n) is 3.79. The lowest BCUT2D eigenvalue weighted by atomic mass is 9.92. The first-order chi connectivity index (χ1) is 7.02. The van der Waals surface area contributed by atoms with Gasteiger partial charge < -0.3 is 10.5 Å². The van der Waals surface area contributed by atoms with Gasteiger partial charge in [0.05, 0.1) is 10.5 Å². The molecule has 3 heterocycles. The molecule has 2 bridgehead atoms. The van der Waals surface area contributed by atoms with Gasteiger partial charge in [-0.3, -0.25) is 0 Å². The Morgan fingerprint density at radius 3 is 2.40 bits per heavy atom. The molecule has 3 rings (SSSR count). The standard InChI is InChI=1S/C9H14N2O3S/c10-8-11-9(5-14-8)3-6-1-2-7(4-9)15(6,12)13/h6-7H,1-5H2,(H2,10,11). The smallest absolute Gasteiger partial charge is 0.282 e. The minimum Gasteiger partial charge on any atom is -0.463 e. The average molecular weight is 230 g/mol. The van der Waals surface area contributed by atoms with Crippen LogP contribution in [0.1, 0.15) is 25.7 Å². The molecule has 3 aliphatic rings. The Labute approximate surface area is 88.6 Å². The molecule has 0 aromatic carbocycles. The van der Waals surface area contributed by atoms with Crippen molar-refractivity contribution < 1.29 is 13.2 Å². The van der Waals surface area contributed by atoms with E-state index in [9.17, 15) is 8.42 Å². The molecule has 2 saturated heterocycles. The summed E-state index contributed by atoms with van der Waals surface area (Å²) in [6.45, 7) is 0.460. The Kier molecular flexibility index (Phi) is 1.68. The maximum absolute atomic E-state index is 11.9. The summed E-state index contributed by atoms with van der Waals surface area (Å²) in [6, 6.07) is 0.216. The summed E-state index contributed by atoms with van der Waals surface area (Å²) < 4.78 is 28.9. The molecule has 6 heteroatoms. The van der Waals surface area contributed by atoms with Crippen molar-refractivity contribution in [1.82, 2.24) is 0 Å². The van der Waals surface area contributed by atoms with Gasteiger partial charge in [0.15, 0.2) is 9.84 Å². The van der Waals surface area contributed by atoms with Gasteiger partial charge in [0.1, 0.15) is 12.1 Å². The summed E-state index contributed by atoms with van der Waals surface area (Å²) in [5, 5.41) is -0.427. The first-order valence-electron chi connectivity index (χ1n) is 5.23. The van der Waals surface area contributed by atoms with Crippen molar-refractivity contribution in [3.05, 3.63) is 0 Å². The number of nitrogens with two attached hydrogens (primary N) is 1. The molecule has 0 saturated carbocycles. The number of aliphatic imine (C=N–C) groups is 1. The van der Waals surface area contributed by atoms with Gasteiger partial charge in [-0.25, -0.2) is 13.4 Å². The normalized spacial score (nSPS) is 46.5. The molecular formula is C9H14N2O3S. The zero-order valence-corrected chi connectivity index (χ0v) is 9.16. The number of fused-ring (bicyclic) bond motifs is 2. The van der Waals surface area contributed by atoms with Crippen LogP contribution in [0.15, 0.2) is 4.99 Å². The van der Waals surface area contributed by atoms with Crippen LogP contribution in [0, 0.1) is 0 Å². The quantitative estimate of drug-likeness (QED) is 0.625. The number of ether oxygens (including phenoxy) is 1. The maximum atomic E-state index is 11.9. The first-order valence-corrected chi connectivity index (χ1v) is 6.84. The van der Waals surface area contributed by atoms with Crippen molar-refractivity contribution >= 4 is 15.9 Å². The van der Waals surface area contributed by atoms with E-state index < -0.39 is 9.84 Å². The maximum Gasteiger partial charge on any atom is 0.282 e. The molecule has 0 aliphatic carbocycles. The van der Waals surface area contributed by atoms with E-state index in [1.165, 1.54) is 0 Å². The Bertz CT molecular complexity index is 409. The van der Waals surface area contributed by atoms with Gasteiger partial charge in [-0.2, -0.15) is 0 Å². The third kappa shape index (κ3) is 1.20. The van der Waals surface area contributed by atoms with E-state index in [4.69, 9.17) is 10.5 Å². The van der Waals surface area contributed by atoms with Crippen molar-refractivity contribution in [3.8, 4) is 0 Å². The van der Waals surface area contributed by atoms with Crippen LogP contribution in [0.2, 0.25) is 0 Å². The van der Waals surface area contributed by atoms with Crippen LogP contribution in [-0.4, -0.2) is 37.1 Å². The van der Waals surface area contributed by atoms with Gasteiger partial charge in [-0.05, 0) is 25.7 Å². The predicted molar refractivity (Wildman–Crippen MR) is 55.3 cm³/mol. The Balaban J connectivity index is 1.96. The van der Waals surface area contributed by atoms with E-state index >= 15 is 0 Å². The zero-order valence-electron chi connectivity index (χ0n) is 8.35. The molecule has 0 radical (unpaired) electrons. The monoisotopic (exact) mass is 230 g/mol. The molecule has 2 fully saturated rings. The van der Waals surface area contributed by atoms with E-state index in [1.807, 2.05) is 0 Å². The van der Waals surface area contributed by atoms with Gasteiger partial charge in [-0.15, -0.1) is 0 Å². The highest BCUT2D eigenvalue weighted by atomic mass is 32.2. The van der Waals surface area contributed by atoms with Crippen LogP contribution in [0.25, 0.3) is 0 Å². The molecule has 3 aliphatic heterocycles. The lowest BCUT2D eigenvalue weighted by Crippen LogP contribution is -2.44. The molecule has 84 valence electrons. The minimum atomic E-state index is -2.88. The summed E-state index contributed by atoms with van der Waals surface area (Å²) in [4.78, 5) is 4.29. The SMILES string of the molecule is NC1=NC2(CO1)CC1CCC(C2)S1(=O)=O. The predicted octanol–water partition coefficient (Wildman–Crippen LogP) is -0.190. The number of hydrogen-bond donors (Lipinski definition) is 1. The largest absolute Gasteiger partial charge is 0.463 e. The van der Waals surface area contributed by atoms with Gasteiger partial charge in [0.2, 0.25) is 0 Å². The molecule has 0 aromatic heterocycles. The fraction of sp³-hybridized carbons (Fsp3) is 0.889. The molecule has 2 atom stereocenters. The van der Waals surface area contributed by atoms with Gasteiger partial charge in [-0.1, -0.05) is 0 Å². The molecule has 0 aromatic rings. The van der Waals surface area contributed by atoms with Crippen LogP contribution in [0.4, 0.5) is 0 Å². The van der Waals surface area contributed by atoms with Crippen LogP contribution >= 0.6 is 0 Å². The lowest BCUT2D eigenvalue weighted by molar-refractivity contribution is 0.229. The van der Waals surface area contributed by atoms with Crippen molar-refractivity contribution in [2.45, 2.75) is 41.7 Å². The average Bonchev–Trinajstić information content (AvgIpc) is 2.55. The highest BCUT2D eigenvalue weighted by molar-refractivity contribution is 7.93. The molecule has 5 nitrogen and oxygen atoms in total. The van der Waals surface area contributed by atoms with Gasteiger partial charge in [0, 0.05) is 0 Å². The second-order valence-corrected chi connectivity index (χ2v) is 7.29. The summed E-state index contributed by atoms with van der Waals surface area (Å²) in [6.07, 6.45) is 2.74. The van der Waals surface area contributed by atoms with Crippen molar-refractivity contribution in [2.24, 2.45) is 10.7 Å². The molecular weight excluding hydrogens is 216 g/mol. The first kappa shape index (κ1) is 9.45. The second-order valence-electron chi connectivity index (χ2n) is 4.78. The second kappa shape index (κ2) is 2.66.